The van der Waals surface area contributed by atoms with Gasteiger partial charge in [-0.1, -0.05) is 24.3 Å². The molecule has 1 saturated heterocycles. The lowest BCUT2D eigenvalue weighted by atomic mass is 10.1. The van der Waals surface area contributed by atoms with Crippen molar-refractivity contribution < 1.29 is 0 Å². The maximum atomic E-state index is 6.06. The van der Waals surface area contributed by atoms with Gasteiger partial charge in [0.25, 0.3) is 0 Å². The Hall–Kier alpha value is -0.820. The van der Waals surface area contributed by atoms with Gasteiger partial charge in [-0.2, -0.15) is 0 Å². The third-order valence-electron chi connectivity index (χ3n) is 3.63. The van der Waals surface area contributed by atoms with Gasteiger partial charge in [0.2, 0.25) is 0 Å². The molecule has 0 unspecified atom stereocenters. The van der Waals surface area contributed by atoms with Crippen molar-refractivity contribution in [2.75, 3.05) is 27.2 Å². The largest absolute Gasteiger partial charge is 0.370 e. The SMILES string of the molecule is CN(C)Cc1ccc(CN=C(N)N2CCCCC2)cc1.I. The van der Waals surface area contributed by atoms with Gasteiger partial charge in [0.05, 0.1) is 6.54 Å². The Morgan fingerprint density at radius 2 is 1.67 bits per heavy atom. The van der Waals surface area contributed by atoms with Crippen LogP contribution >= 0.6 is 24.0 Å². The van der Waals surface area contributed by atoms with Crippen LogP contribution in [-0.4, -0.2) is 42.9 Å². The monoisotopic (exact) mass is 402 g/mol. The van der Waals surface area contributed by atoms with Crippen LogP contribution in [-0.2, 0) is 13.1 Å². The van der Waals surface area contributed by atoms with Crippen molar-refractivity contribution in [1.29, 1.82) is 0 Å². The molecule has 5 heteroatoms. The van der Waals surface area contributed by atoms with E-state index in [0.29, 0.717) is 12.5 Å². The highest BCUT2D eigenvalue weighted by Crippen LogP contribution is 2.10. The molecule has 1 aliphatic rings. The summed E-state index contributed by atoms with van der Waals surface area (Å²) in [6.45, 7) is 3.75. The Labute approximate surface area is 145 Å². The van der Waals surface area contributed by atoms with E-state index in [-0.39, 0.29) is 24.0 Å². The Bertz CT molecular complexity index is 436. The molecule has 0 aliphatic carbocycles. The van der Waals surface area contributed by atoms with Crippen LogP contribution in [0.4, 0.5) is 0 Å². The van der Waals surface area contributed by atoms with Crippen molar-refractivity contribution in [2.45, 2.75) is 32.4 Å². The summed E-state index contributed by atoms with van der Waals surface area (Å²) >= 11 is 0. The van der Waals surface area contributed by atoms with Crippen molar-refractivity contribution >= 4 is 29.9 Å². The van der Waals surface area contributed by atoms with Gasteiger partial charge in [0.15, 0.2) is 5.96 Å². The standard InChI is InChI=1S/C16H26N4.HI/c1-19(2)13-15-8-6-14(7-9-15)12-18-16(17)20-10-4-3-5-11-20;/h6-9H,3-5,10-13H2,1-2H3,(H2,17,18);1H. The van der Waals surface area contributed by atoms with E-state index in [1.165, 1.54) is 30.4 Å². The molecule has 2 N–H and O–H groups in total. The van der Waals surface area contributed by atoms with Crippen LogP contribution in [0.1, 0.15) is 30.4 Å². The molecule has 1 aliphatic heterocycles. The number of nitrogens with zero attached hydrogens (tertiary/aromatic N) is 3. The van der Waals surface area contributed by atoms with Crippen LogP contribution in [0.25, 0.3) is 0 Å². The molecule has 0 spiro atoms. The van der Waals surface area contributed by atoms with Crippen LogP contribution in [0, 0.1) is 0 Å². The van der Waals surface area contributed by atoms with Crippen molar-refractivity contribution in [3.05, 3.63) is 35.4 Å². The first-order chi connectivity index (χ1) is 9.65. The second-order valence-electron chi connectivity index (χ2n) is 5.78. The molecule has 0 atom stereocenters. The minimum absolute atomic E-state index is 0. The Kier molecular flexibility index (Phi) is 8.03. The molecule has 1 aromatic carbocycles. The number of nitrogens with two attached hydrogens (primary N) is 1. The summed E-state index contributed by atoms with van der Waals surface area (Å²) < 4.78 is 0. The van der Waals surface area contributed by atoms with Crippen molar-refractivity contribution in [3.8, 4) is 0 Å². The number of benzene rings is 1. The summed E-state index contributed by atoms with van der Waals surface area (Å²) in [6, 6.07) is 8.63. The minimum atomic E-state index is 0. The van der Waals surface area contributed by atoms with E-state index < -0.39 is 0 Å². The predicted octanol–water partition coefficient (Wildman–Crippen LogP) is 2.67. The highest BCUT2D eigenvalue weighted by atomic mass is 127. The van der Waals surface area contributed by atoms with Crippen LogP contribution in [0.3, 0.4) is 0 Å². The van der Waals surface area contributed by atoms with Crippen molar-refractivity contribution in [1.82, 2.24) is 9.80 Å². The van der Waals surface area contributed by atoms with Gasteiger partial charge >= 0.3 is 0 Å². The predicted molar refractivity (Wildman–Crippen MR) is 100.0 cm³/mol. The van der Waals surface area contributed by atoms with Crippen LogP contribution in [0.15, 0.2) is 29.3 Å². The second kappa shape index (κ2) is 9.25. The summed E-state index contributed by atoms with van der Waals surface area (Å²) in [7, 11) is 4.16. The smallest absolute Gasteiger partial charge is 0.191 e. The van der Waals surface area contributed by atoms with Crippen LogP contribution in [0.2, 0.25) is 0 Å². The molecule has 0 saturated carbocycles. The summed E-state index contributed by atoms with van der Waals surface area (Å²) in [5.41, 5.74) is 8.60. The molecule has 4 nitrogen and oxygen atoms in total. The maximum absolute atomic E-state index is 6.06. The quantitative estimate of drug-likeness (QED) is 0.479. The molecule has 2 rings (SSSR count). The number of halogens is 1. The Morgan fingerprint density at radius 3 is 2.24 bits per heavy atom. The number of hydrogen-bond donors (Lipinski definition) is 1. The number of piperidine rings is 1. The molecule has 0 bridgehead atoms. The van der Waals surface area contributed by atoms with E-state index in [4.69, 9.17) is 5.73 Å². The third-order valence-corrected chi connectivity index (χ3v) is 3.63. The normalized spacial score (nSPS) is 16.0. The fourth-order valence-corrected chi connectivity index (χ4v) is 2.51. The summed E-state index contributed by atoms with van der Waals surface area (Å²) in [5, 5.41) is 0. The molecular weight excluding hydrogens is 375 g/mol. The van der Waals surface area contributed by atoms with E-state index in [2.05, 4.69) is 53.2 Å². The van der Waals surface area contributed by atoms with Crippen molar-refractivity contribution in [2.24, 2.45) is 10.7 Å². The van der Waals surface area contributed by atoms with E-state index in [9.17, 15) is 0 Å². The zero-order valence-corrected chi connectivity index (χ0v) is 15.4. The summed E-state index contributed by atoms with van der Waals surface area (Å²) in [6.07, 6.45) is 3.78. The van der Waals surface area contributed by atoms with Crippen molar-refractivity contribution in [3.63, 3.8) is 0 Å². The lowest BCUT2D eigenvalue weighted by Gasteiger charge is -2.27. The van der Waals surface area contributed by atoms with Crippen LogP contribution in [0.5, 0.6) is 0 Å². The van der Waals surface area contributed by atoms with E-state index >= 15 is 0 Å². The topological polar surface area (TPSA) is 44.9 Å². The first kappa shape index (κ1) is 18.2. The van der Waals surface area contributed by atoms with Gasteiger partial charge in [0.1, 0.15) is 0 Å². The highest BCUT2D eigenvalue weighted by molar-refractivity contribution is 14.0. The van der Waals surface area contributed by atoms with Gasteiger partial charge in [-0.3, -0.25) is 0 Å². The van der Waals surface area contributed by atoms with Gasteiger partial charge in [-0.05, 0) is 44.5 Å². The van der Waals surface area contributed by atoms with Crippen LogP contribution < -0.4 is 5.73 Å². The van der Waals surface area contributed by atoms with E-state index in [0.717, 1.165) is 19.6 Å². The van der Waals surface area contributed by atoms with Gasteiger partial charge < -0.3 is 15.5 Å². The second-order valence-corrected chi connectivity index (χ2v) is 5.78. The van der Waals surface area contributed by atoms with E-state index in [1.807, 2.05) is 0 Å². The average Bonchev–Trinajstić information content (AvgIpc) is 2.46. The molecule has 0 aromatic heterocycles. The lowest BCUT2D eigenvalue weighted by Crippen LogP contribution is -2.40. The first-order valence-electron chi connectivity index (χ1n) is 7.42. The van der Waals surface area contributed by atoms with Gasteiger partial charge in [-0.25, -0.2) is 4.99 Å². The maximum Gasteiger partial charge on any atom is 0.191 e. The molecular formula is C16H27IN4. The third kappa shape index (κ3) is 6.22. The number of aliphatic imine (C=N–C) groups is 1. The number of rotatable bonds is 4. The average molecular weight is 402 g/mol. The fraction of sp³-hybridized carbons (Fsp3) is 0.562. The van der Waals surface area contributed by atoms with E-state index in [1.54, 1.807) is 0 Å². The fourth-order valence-electron chi connectivity index (χ4n) is 2.51. The minimum Gasteiger partial charge on any atom is -0.370 e. The Morgan fingerprint density at radius 1 is 1.10 bits per heavy atom. The lowest BCUT2D eigenvalue weighted by molar-refractivity contribution is 0.338. The number of guanidine groups is 1. The molecule has 0 amide bonds. The molecule has 0 radical (unpaired) electrons. The molecule has 1 fully saturated rings. The van der Waals surface area contributed by atoms with Gasteiger partial charge in [-0.15, -0.1) is 24.0 Å². The molecule has 118 valence electrons. The molecule has 1 heterocycles. The first-order valence-corrected chi connectivity index (χ1v) is 7.42. The molecule has 21 heavy (non-hydrogen) atoms. The number of likely N-dealkylation sites (tertiary alicyclic amines) is 1. The highest BCUT2D eigenvalue weighted by Gasteiger charge is 2.11. The summed E-state index contributed by atoms with van der Waals surface area (Å²) in [4.78, 5) is 8.89. The zero-order chi connectivity index (χ0) is 14.4. The molecule has 1 aromatic rings. The summed E-state index contributed by atoms with van der Waals surface area (Å²) in [5.74, 6) is 0.696. The number of hydrogen-bond acceptors (Lipinski definition) is 2. The Balaban J connectivity index is 0.00000220. The van der Waals surface area contributed by atoms with Gasteiger partial charge in [0, 0.05) is 19.6 Å². The zero-order valence-electron chi connectivity index (χ0n) is 13.1.